The van der Waals surface area contributed by atoms with Gasteiger partial charge in [0, 0.05) is 12.6 Å². The van der Waals surface area contributed by atoms with Crippen molar-refractivity contribution in [3.05, 3.63) is 30.1 Å². The Labute approximate surface area is 92.2 Å². The maximum absolute atomic E-state index is 4.46. The summed E-state index contributed by atoms with van der Waals surface area (Å²) in [4.78, 5) is 0. The molecule has 0 spiro atoms. The highest BCUT2D eigenvalue weighted by atomic mass is 15.3. The van der Waals surface area contributed by atoms with E-state index >= 15 is 0 Å². The highest BCUT2D eigenvalue weighted by Gasteiger charge is 2.13. The van der Waals surface area contributed by atoms with Gasteiger partial charge in [0.2, 0.25) is 0 Å². The molecule has 1 aromatic heterocycles. The number of nitrogens with zero attached hydrogens (tertiary/aromatic N) is 2. The summed E-state index contributed by atoms with van der Waals surface area (Å²) in [5.41, 5.74) is 2.37. The van der Waals surface area contributed by atoms with Gasteiger partial charge in [-0.25, -0.2) is 0 Å². The summed E-state index contributed by atoms with van der Waals surface area (Å²) in [6.07, 6.45) is 4.06. The molecule has 15 heavy (non-hydrogen) atoms. The van der Waals surface area contributed by atoms with E-state index in [4.69, 9.17) is 0 Å². The van der Waals surface area contributed by atoms with Gasteiger partial charge >= 0.3 is 0 Å². The summed E-state index contributed by atoms with van der Waals surface area (Å²) >= 11 is 0. The first kappa shape index (κ1) is 12.0. The third-order valence-electron chi connectivity index (χ3n) is 2.60. The number of hydrogen-bond acceptors (Lipinski definition) is 2. The Kier molecular flexibility index (Phi) is 4.56. The van der Waals surface area contributed by atoms with Gasteiger partial charge in [-0.2, -0.15) is 5.10 Å². The minimum atomic E-state index is 0.379. The van der Waals surface area contributed by atoms with Gasteiger partial charge < -0.3 is 5.32 Å². The lowest BCUT2D eigenvalue weighted by Crippen LogP contribution is -2.20. The van der Waals surface area contributed by atoms with Gasteiger partial charge in [0.1, 0.15) is 0 Å². The Morgan fingerprint density at radius 3 is 2.93 bits per heavy atom. The van der Waals surface area contributed by atoms with E-state index in [1.165, 1.54) is 5.69 Å². The normalized spacial score (nSPS) is 12.7. The van der Waals surface area contributed by atoms with Crippen LogP contribution in [0, 0.1) is 6.92 Å². The summed E-state index contributed by atoms with van der Waals surface area (Å²) in [5, 5.41) is 7.79. The Balaban J connectivity index is 2.84. The Hall–Kier alpha value is -1.09. The first-order valence-corrected chi connectivity index (χ1v) is 5.55. The summed E-state index contributed by atoms with van der Waals surface area (Å²) < 4.78 is 2.07. The summed E-state index contributed by atoms with van der Waals surface area (Å²) in [7, 11) is 2.00. The molecule has 0 radical (unpaired) electrons. The molecule has 0 fully saturated rings. The van der Waals surface area contributed by atoms with E-state index in [9.17, 15) is 0 Å². The van der Waals surface area contributed by atoms with Gasteiger partial charge in [-0.1, -0.05) is 6.08 Å². The molecule has 0 aliphatic rings. The van der Waals surface area contributed by atoms with Gasteiger partial charge in [0.25, 0.3) is 0 Å². The zero-order valence-electron chi connectivity index (χ0n) is 9.95. The van der Waals surface area contributed by atoms with Gasteiger partial charge in [-0.3, -0.25) is 4.68 Å². The van der Waals surface area contributed by atoms with E-state index in [2.05, 4.69) is 34.7 Å². The van der Waals surface area contributed by atoms with Crippen LogP contribution in [0.25, 0.3) is 0 Å². The Morgan fingerprint density at radius 1 is 1.67 bits per heavy atom. The molecule has 0 bridgehead atoms. The van der Waals surface area contributed by atoms with Gasteiger partial charge in [-0.05, 0) is 39.8 Å². The molecule has 0 amide bonds. The molecule has 1 heterocycles. The van der Waals surface area contributed by atoms with Crippen LogP contribution < -0.4 is 5.32 Å². The molecule has 0 saturated heterocycles. The smallest absolute Gasteiger partial charge is 0.0597 e. The van der Waals surface area contributed by atoms with Crippen molar-refractivity contribution >= 4 is 0 Å². The Bertz CT molecular complexity index is 315. The van der Waals surface area contributed by atoms with E-state index in [-0.39, 0.29) is 0 Å². The van der Waals surface area contributed by atoms with E-state index in [1.54, 1.807) is 0 Å². The number of aryl methyl sites for hydroxylation is 2. The second-order valence-corrected chi connectivity index (χ2v) is 3.73. The number of nitrogens with one attached hydrogen (secondary N) is 1. The number of hydrogen-bond donors (Lipinski definition) is 1. The summed E-state index contributed by atoms with van der Waals surface area (Å²) in [5.74, 6) is 0. The molecule has 1 aromatic rings. The second kappa shape index (κ2) is 5.71. The fourth-order valence-corrected chi connectivity index (χ4v) is 1.82. The second-order valence-electron chi connectivity index (χ2n) is 3.73. The van der Waals surface area contributed by atoms with Gasteiger partial charge in [0.15, 0.2) is 0 Å². The standard InChI is InChI=1S/C12H21N3/c1-5-7-8-11(13-4)12-9-10(3)14-15(12)6-2/h5,9,11,13H,1,6-8H2,2-4H3. The molecule has 0 aliphatic carbocycles. The summed E-state index contributed by atoms with van der Waals surface area (Å²) in [6, 6.07) is 2.54. The van der Waals surface area contributed by atoms with Crippen molar-refractivity contribution in [2.75, 3.05) is 7.05 Å². The molecule has 1 atom stereocenters. The van der Waals surface area contributed by atoms with Crippen LogP contribution in [0.4, 0.5) is 0 Å². The van der Waals surface area contributed by atoms with Crippen LogP contribution in [-0.2, 0) is 6.54 Å². The fourth-order valence-electron chi connectivity index (χ4n) is 1.82. The van der Waals surface area contributed by atoms with Crippen LogP contribution in [0.3, 0.4) is 0 Å². The minimum absolute atomic E-state index is 0.379. The quantitative estimate of drug-likeness (QED) is 0.726. The third-order valence-corrected chi connectivity index (χ3v) is 2.60. The van der Waals surface area contributed by atoms with Crippen LogP contribution in [-0.4, -0.2) is 16.8 Å². The monoisotopic (exact) mass is 207 g/mol. The fraction of sp³-hybridized carbons (Fsp3) is 0.583. The molecule has 0 aromatic carbocycles. The molecular formula is C12H21N3. The van der Waals surface area contributed by atoms with Crippen molar-refractivity contribution in [3.63, 3.8) is 0 Å². The van der Waals surface area contributed by atoms with Crippen LogP contribution in [0.2, 0.25) is 0 Å². The first-order valence-electron chi connectivity index (χ1n) is 5.55. The third kappa shape index (κ3) is 2.93. The lowest BCUT2D eigenvalue weighted by molar-refractivity contribution is 0.491. The van der Waals surface area contributed by atoms with Crippen molar-refractivity contribution in [2.45, 2.75) is 39.3 Å². The molecule has 1 N–H and O–H groups in total. The molecule has 3 heteroatoms. The van der Waals surface area contributed by atoms with Crippen LogP contribution in [0.1, 0.15) is 37.2 Å². The molecule has 84 valence electrons. The van der Waals surface area contributed by atoms with Crippen molar-refractivity contribution in [2.24, 2.45) is 0 Å². The maximum Gasteiger partial charge on any atom is 0.0597 e. The van der Waals surface area contributed by atoms with Crippen molar-refractivity contribution < 1.29 is 0 Å². The number of allylic oxidation sites excluding steroid dienone is 1. The zero-order valence-corrected chi connectivity index (χ0v) is 9.95. The van der Waals surface area contributed by atoms with Crippen LogP contribution in [0.5, 0.6) is 0 Å². The van der Waals surface area contributed by atoms with Crippen molar-refractivity contribution in [1.29, 1.82) is 0 Å². The van der Waals surface area contributed by atoms with E-state index in [0.717, 1.165) is 25.1 Å². The number of aromatic nitrogens is 2. The topological polar surface area (TPSA) is 29.9 Å². The molecule has 1 rings (SSSR count). The van der Waals surface area contributed by atoms with Crippen LogP contribution >= 0.6 is 0 Å². The van der Waals surface area contributed by atoms with Gasteiger partial charge in [0.05, 0.1) is 11.4 Å². The minimum Gasteiger partial charge on any atom is -0.312 e. The highest BCUT2D eigenvalue weighted by molar-refractivity contribution is 5.13. The first-order chi connectivity index (χ1) is 7.22. The predicted molar refractivity (Wildman–Crippen MR) is 63.9 cm³/mol. The molecule has 1 unspecified atom stereocenters. The zero-order chi connectivity index (χ0) is 11.3. The summed E-state index contributed by atoms with van der Waals surface area (Å²) in [6.45, 7) is 8.84. The molecular weight excluding hydrogens is 186 g/mol. The van der Waals surface area contributed by atoms with Crippen molar-refractivity contribution in [1.82, 2.24) is 15.1 Å². The highest BCUT2D eigenvalue weighted by Crippen LogP contribution is 2.19. The van der Waals surface area contributed by atoms with Crippen molar-refractivity contribution in [3.8, 4) is 0 Å². The van der Waals surface area contributed by atoms with E-state index < -0.39 is 0 Å². The number of rotatable bonds is 6. The average Bonchev–Trinajstić information content (AvgIpc) is 2.61. The predicted octanol–water partition coefficient (Wildman–Crippen LogP) is 2.44. The lowest BCUT2D eigenvalue weighted by Gasteiger charge is -2.16. The maximum atomic E-state index is 4.46. The molecule has 0 saturated carbocycles. The van der Waals surface area contributed by atoms with Crippen LogP contribution in [0.15, 0.2) is 18.7 Å². The SMILES string of the molecule is C=CCCC(NC)c1cc(C)nn1CC. The lowest BCUT2D eigenvalue weighted by atomic mass is 10.1. The average molecular weight is 207 g/mol. The molecule has 0 aliphatic heterocycles. The largest absolute Gasteiger partial charge is 0.312 e. The van der Waals surface area contributed by atoms with Gasteiger partial charge in [-0.15, -0.1) is 6.58 Å². The van der Waals surface area contributed by atoms with E-state index in [0.29, 0.717) is 6.04 Å². The van der Waals surface area contributed by atoms with E-state index in [1.807, 2.05) is 20.0 Å². The Morgan fingerprint density at radius 2 is 2.40 bits per heavy atom. The molecule has 3 nitrogen and oxygen atoms in total.